The number of hydrogen-bond donors (Lipinski definition) is 0. The Morgan fingerprint density at radius 2 is 1.00 bits per heavy atom. The zero-order valence-corrected chi connectivity index (χ0v) is 10.3. The summed E-state index contributed by atoms with van der Waals surface area (Å²) in [6.45, 7) is 0. The molecule has 0 rings (SSSR count). The normalized spacial score (nSPS) is 0. The van der Waals surface area contributed by atoms with Crippen LogP contribution in [0.25, 0.3) is 0 Å². The summed E-state index contributed by atoms with van der Waals surface area (Å²) in [6, 6.07) is 0. The molecule has 5 heavy (non-hydrogen) atoms. The first-order chi connectivity index (χ1) is 0. The van der Waals surface area contributed by atoms with Crippen molar-refractivity contribution in [1.29, 1.82) is 0 Å². The number of hydrogen-bond acceptors (Lipinski definition) is 0. The van der Waals surface area contributed by atoms with Gasteiger partial charge in [0, 0.05) is 104 Å². The minimum atomic E-state index is 0. The van der Waals surface area contributed by atoms with Crippen LogP contribution in [0.2, 0.25) is 0 Å². The minimum absolute atomic E-state index is 0. The third kappa shape index (κ3) is 18.8. The predicted molar refractivity (Wildman–Crippen MR) is 5.75 cm³/mol. The summed E-state index contributed by atoms with van der Waals surface area (Å²) in [4.78, 5) is 0. The molecule has 0 heterocycles. The first-order valence-electron chi connectivity index (χ1n) is 0. The standard InChI is InChI=1S/Ag.Cu.In.Ni.Ti. The van der Waals surface area contributed by atoms with Crippen molar-refractivity contribution in [3.63, 3.8) is 0 Å². The molecular formula is AgCuInNiTi. The van der Waals surface area contributed by atoms with Gasteiger partial charge in [-0.05, 0) is 0 Å². The van der Waals surface area contributed by atoms with Gasteiger partial charge in [0.1, 0.15) is 0 Å². The van der Waals surface area contributed by atoms with Crippen molar-refractivity contribution in [3.05, 3.63) is 0 Å². The van der Waals surface area contributed by atoms with E-state index in [1.807, 2.05) is 0 Å². The molecule has 0 aromatic rings. The fourth-order valence-electron chi connectivity index (χ4n) is 0. The largest absolute Gasteiger partial charge is 0 e. The van der Waals surface area contributed by atoms with Crippen LogP contribution < -0.4 is 0 Å². The van der Waals surface area contributed by atoms with E-state index in [0.29, 0.717) is 0 Å². The van der Waals surface area contributed by atoms with E-state index in [-0.39, 0.29) is 104 Å². The SMILES string of the molecule is [Ag].[Cu].[In].[Ni].[Ti]. The van der Waals surface area contributed by atoms with Crippen LogP contribution in [0.5, 0.6) is 0 Å². The summed E-state index contributed by atoms with van der Waals surface area (Å²) in [5.41, 5.74) is 0. The second-order valence-electron chi connectivity index (χ2n) is 0. The third-order valence-electron chi connectivity index (χ3n) is 0. The fraction of sp³-hybridized carbons (Fsp3) is 0. The van der Waals surface area contributed by atoms with Crippen molar-refractivity contribution in [2.75, 3.05) is 0 Å². The molecule has 0 saturated heterocycles. The predicted octanol–water partition coefficient (Wildman–Crippen LogP) is -0.391. The summed E-state index contributed by atoms with van der Waals surface area (Å²) in [5, 5.41) is 0. The van der Waals surface area contributed by atoms with Gasteiger partial charge < -0.3 is 0 Å². The Morgan fingerprint density at radius 1 is 1.00 bits per heavy atom. The molecule has 0 fully saturated rings. The molecule has 5 radical (unpaired) electrons. The molecule has 0 spiro atoms. The van der Waals surface area contributed by atoms with Crippen LogP contribution in [-0.4, -0.2) is 25.8 Å². The average molecular weight is 393 g/mol. The minimum Gasteiger partial charge on any atom is 0 e. The Hall–Kier alpha value is 3.34. The maximum absolute atomic E-state index is 0. The van der Waals surface area contributed by atoms with E-state index in [1.54, 1.807) is 0 Å². The van der Waals surface area contributed by atoms with Gasteiger partial charge in [-0.2, -0.15) is 0 Å². The zero-order valence-electron chi connectivity index (χ0n) is 2.00. The van der Waals surface area contributed by atoms with Crippen molar-refractivity contribution < 1.29 is 77.7 Å². The van der Waals surface area contributed by atoms with E-state index < -0.39 is 0 Å². The molecule has 0 unspecified atom stereocenters. The average Bonchev–Trinajstić information content (AvgIpc) is 0. The summed E-state index contributed by atoms with van der Waals surface area (Å²) in [5.74, 6) is 0. The Morgan fingerprint density at radius 3 is 1.00 bits per heavy atom. The van der Waals surface area contributed by atoms with Gasteiger partial charge in [0.15, 0.2) is 0 Å². The van der Waals surface area contributed by atoms with Crippen LogP contribution in [0.3, 0.4) is 0 Å². The molecule has 0 N–H and O–H groups in total. The van der Waals surface area contributed by atoms with Gasteiger partial charge in [-0.25, -0.2) is 0 Å². The molecule has 0 aliphatic heterocycles. The van der Waals surface area contributed by atoms with E-state index >= 15 is 0 Å². The van der Waals surface area contributed by atoms with E-state index in [1.165, 1.54) is 0 Å². The van der Waals surface area contributed by atoms with E-state index in [4.69, 9.17) is 0 Å². The summed E-state index contributed by atoms with van der Waals surface area (Å²) >= 11 is 0. The van der Waals surface area contributed by atoms with Crippen LogP contribution in [0.4, 0.5) is 0 Å². The van der Waals surface area contributed by atoms with Gasteiger partial charge in [-0.3, -0.25) is 0 Å². The van der Waals surface area contributed by atoms with Crippen LogP contribution in [0.1, 0.15) is 0 Å². The Kier molecular flexibility index (Phi) is 213. The summed E-state index contributed by atoms with van der Waals surface area (Å²) < 4.78 is 0. The van der Waals surface area contributed by atoms with Gasteiger partial charge in [-0.1, -0.05) is 0 Å². The van der Waals surface area contributed by atoms with Crippen molar-refractivity contribution in [1.82, 2.24) is 0 Å². The van der Waals surface area contributed by atoms with Gasteiger partial charge in [-0.15, -0.1) is 0 Å². The molecule has 0 aromatic carbocycles. The molecule has 0 amide bonds. The van der Waals surface area contributed by atoms with Crippen LogP contribution in [0, 0.1) is 0 Å². The monoisotopic (exact) mass is 391 g/mol. The third-order valence-corrected chi connectivity index (χ3v) is 0. The quantitative estimate of drug-likeness (QED) is 0.493. The van der Waals surface area contributed by atoms with Gasteiger partial charge in [0.05, 0.1) is 0 Å². The van der Waals surface area contributed by atoms with Crippen LogP contribution in [0.15, 0.2) is 0 Å². The zero-order chi connectivity index (χ0) is 0. The number of rotatable bonds is 0. The molecule has 5 heteroatoms. The Labute approximate surface area is 102 Å². The maximum Gasteiger partial charge on any atom is 0 e. The van der Waals surface area contributed by atoms with E-state index in [9.17, 15) is 0 Å². The molecule has 0 bridgehead atoms. The second-order valence-corrected chi connectivity index (χ2v) is 0. The Bertz CT molecular complexity index is 11.6. The van der Waals surface area contributed by atoms with Crippen molar-refractivity contribution >= 4 is 25.8 Å². The first kappa shape index (κ1) is 40.3. The molecule has 0 aliphatic carbocycles. The molecular weight excluding hydrogens is 393 g/mol. The maximum atomic E-state index is 0. The fourth-order valence-corrected chi connectivity index (χ4v) is 0. The van der Waals surface area contributed by atoms with Crippen molar-refractivity contribution in [3.8, 4) is 0 Å². The summed E-state index contributed by atoms with van der Waals surface area (Å²) in [6.07, 6.45) is 0. The van der Waals surface area contributed by atoms with Gasteiger partial charge in [0.2, 0.25) is 0 Å². The van der Waals surface area contributed by atoms with E-state index in [0.717, 1.165) is 0 Å². The molecule has 0 atom stereocenters. The van der Waals surface area contributed by atoms with Crippen LogP contribution in [-0.2, 0) is 77.7 Å². The molecule has 0 saturated carbocycles. The molecule has 0 aliphatic rings. The molecule has 39 valence electrons. The molecule has 0 aromatic heterocycles. The van der Waals surface area contributed by atoms with Crippen molar-refractivity contribution in [2.45, 2.75) is 0 Å². The first-order valence-corrected chi connectivity index (χ1v) is 0. The second kappa shape index (κ2) is 26.5. The van der Waals surface area contributed by atoms with Gasteiger partial charge >= 0.3 is 0 Å². The molecule has 0 nitrogen and oxygen atoms in total. The van der Waals surface area contributed by atoms with Crippen molar-refractivity contribution in [2.24, 2.45) is 0 Å². The smallest absolute Gasteiger partial charge is 0 e. The Balaban J connectivity index is 0. The van der Waals surface area contributed by atoms with E-state index in [2.05, 4.69) is 0 Å². The van der Waals surface area contributed by atoms with Crippen LogP contribution >= 0.6 is 0 Å². The topological polar surface area (TPSA) is 0 Å². The van der Waals surface area contributed by atoms with Gasteiger partial charge in [0.25, 0.3) is 0 Å². The summed E-state index contributed by atoms with van der Waals surface area (Å²) in [7, 11) is 0.